The molecule has 0 aromatic heterocycles. The molecule has 1 aromatic rings. The van der Waals surface area contributed by atoms with E-state index < -0.39 is 0 Å². The Morgan fingerprint density at radius 3 is 2.58 bits per heavy atom. The zero-order valence-electron chi connectivity index (χ0n) is 11.1. The molecular weight excluding hydrogens is 238 g/mol. The third-order valence-electron chi connectivity index (χ3n) is 3.39. The van der Waals surface area contributed by atoms with Crippen LogP contribution in [0.15, 0.2) is 24.3 Å². The molecule has 4 heteroatoms. The van der Waals surface area contributed by atoms with Gasteiger partial charge in [-0.3, -0.25) is 9.69 Å². The van der Waals surface area contributed by atoms with Gasteiger partial charge in [0, 0.05) is 0 Å². The molecule has 1 amide bonds. The van der Waals surface area contributed by atoms with Crippen molar-refractivity contribution in [3.63, 3.8) is 0 Å². The third-order valence-corrected chi connectivity index (χ3v) is 3.39. The number of nitriles is 1. The highest BCUT2D eigenvalue weighted by atomic mass is 16.2. The second kappa shape index (κ2) is 6.91. The van der Waals surface area contributed by atoms with E-state index in [1.54, 1.807) is 18.2 Å². The van der Waals surface area contributed by atoms with E-state index in [1.165, 1.54) is 25.7 Å². The van der Waals surface area contributed by atoms with E-state index in [9.17, 15) is 4.79 Å². The molecule has 0 atom stereocenters. The largest absolute Gasteiger partial charge is 0.324 e. The number of anilines is 1. The molecule has 0 spiro atoms. The van der Waals surface area contributed by atoms with Gasteiger partial charge in [0.15, 0.2) is 0 Å². The number of likely N-dealkylation sites (tertiary alicyclic amines) is 1. The maximum Gasteiger partial charge on any atom is 0.238 e. The number of hydrogen-bond donors (Lipinski definition) is 1. The minimum atomic E-state index is -0.0374. The van der Waals surface area contributed by atoms with Crippen LogP contribution in [0.25, 0.3) is 0 Å². The first kappa shape index (κ1) is 13.6. The first-order valence-corrected chi connectivity index (χ1v) is 6.81. The smallest absolute Gasteiger partial charge is 0.238 e. The molecule has 0 saturated carbocycles. The maximum atomic E-state index is 12.0. The maximum absolute atomic E-state index is 12.0. The summed E-state index contributed by atoms with van der Waals surface area (Å²) in [6, 6.07) is 9.18. The van der Waals surface area contributed by atoms with Gasteiger partial charge in [-0.2, -0.15) is 5.26 Å². The summed E-state index contributed by atoms with van der Waals surface area (Å²) in [5, 5.41) is 11.8. The van der Waals surface area contributed by atoms with Gasteiger partial charge in [-0.25, -0.2) is 0 Å². The number of hydrogen-bond acceptors (Lipinski definition) is 3. The monoisotopic (exact) mass is 257 g/mol. The average Bonchev–Trinajstić information content (AvgIpc) is 2.68. The molecule has 1 aliphatic heterocycles. The number of amides is 1. The fraction of sp³-hybridized carbons (Fsp3) is 0.467. The Labute approximate surface area is 114 Å². The minimum absolute atomic E-state index is 0.0374. The van der Waals surface area contributed by atoms with E-state index in [0.29, 0.717) is 17.8 Å². The van der Waals surface area contributed by atoms with Crippen molar-refractivity contribution in [2.45, 2.75) is 25.7 Å². The first-order chi connectivity index (χ1) is 9.29. The van der Waals surface area contributed by atoms with Crippen molar-refractivity contribution in [2.75, 3.05) is 25.0 Å². The normalized spacial score (nSPS) is 16.4. The summed E-state index contributed by atoms with van der Waals surface area (Å²) in [5.74, 6) is -0.0374. The lowest BCUT2D eigenvalue weighted by molar-refractivity contribution is -0.117. The number of rotatable bonds is 3. The summed E-state index contributed by atoms with van der Waals surface area (Å²) >= 11 is 0. The Hall–Kier alpha value is -1.86. The molecule has 1 N–H and O–H groups in total. The topological polar surface area (TPSA) is 56.1 Å². The third kappa shape index (κ3) is 4.08. The van der Waals surface area contributed by atoms with Crippen LogP contribution < -0.4 is 5.32 Å². The summed E-state index contributed by atoms with van der Waals surface area (Å²) in [6.07, 6.45) is 4.86. The first-order valence-electron chi connectivity index (χ1n) is 6.81. The highest BCUT2D eigenvalue weighted by Crippen LogP contribution is 2.14. The fourth-order valence-electron chi connectivity index (χ4n) is 2.38. The van der Waals surface area contributed by atoms with Crippen molar-refractivity contribution in [3.8, 4) is 6.07 Å². The summed E-state index contributed by atoms with van der Waals surface area (Å²) < 4.78 is 0. The van der Waals surface area contributed by atoms with Crippen molar-refractivity contribution in [2.24, 2.45) is 0 Å². The van der Waals surface area contributed by atoms with Crippen LogP contribution >= 0.6 is 0 Å². The van der Waals surface area contributed by atoms with Crippen LogP contribution in [0.4, 0.5) is 5.69 Å². The van der Waals surface area contributed by atoms with Crippen LogP contribution in [0.1, 0.15) is 31.2 Å². The lowest BCUT2D eigenvalue weighted by Crippen LogP contribution is -2.34. The molecule has 1 heterocycles. The summed E-state index contributed by atoms with van der Waals surface area (Å²) in [5.41, 5.74) is 1.11. The average molecular weight is 257 g/mol. The second-order valence-corrected chi connectivity index (χ2v) is 4.90. The molecule has 1 aromatic carbocycles. The molecule has 1 aliphatic rings. The quantitative estimate of drug-likeness (QED) is 0.904. The summed E-state index contributed by atoms with van der Waals surface area (Å²) in [6.45, 7) is 2.40. The van der Waals surface area contributed by atoms with Crippen LogP contribution in [0.2, 0.25) is 0 Å². The zero-order valence-corrected chi connectivity index (χ0v) is 11.1. The van der Waals surface area contributed by atoms with E-state index in [2.05, 4.69) is 16.3 Å². The second-order valence-electron chi connectivity index (χ2n) is 4.90. The molecule has 100 valence electrons. The van der Waals surface area contributed by atoms with Crippen molar-refractivity contribution in [3.05, 3.63) is 29.8 Å². The van der Waals surface area contributed by atoms with Gasteiger partial charge in [0.2, 0.25) is 5.91 Å². The Morgan fingerprint density at radius 1 is 1.21 bits per heavy atom. The molecular formula is C15H19N3O. The number of carbonyl (C=O) groups excluding carboxylic acids is 1. The van der Waals surface area contributed by atoms with E-state index in [-0.39, 0.29) is 5.91 Å². The Balaban J connectivity index is 1.92. The molecule has 0 aliphatic carbocycles. The predicted molar refractivity (Wildman–Crippen MR) is 74.7 cm³/mol. The number of nitrogens with zero attached hydrogens (tertiary/aromatic N) is 2. The van der Waals surface area contributed by atoms with Crippen LogP contribution in [-0.2, 0) is 4.79 Å². The molecule has 19 heavy (non-hydrogen) atoms. The highest BCUT2D eigenvalue weighted by molar-refractivity contribution is 5.93. The fourth-order valence-corrected chi connectivity index (χ4v) is 2.38. The van der Waals surface area contributed by atoms with Gasteiger partial charge < -0.3 is 5.32 Å². The lowest BCUT2D eigenvalue weighted by Gasteiger charge is -2.19. The van der Waals surface area contributed by atoms with E-state index in [0.717, 1.165) is 13.1 Å². The summed E-state index contributed by atoms with van der Waals surface area (Å²) in [7, 11) is 0. The molecule has 0 unspecified atom stereocenters. The van der Waals surface area contributed by atoms with Crippen LogP contribution in [0.3, 0.4) is 0 Å². The van der Waals surface area contributed by atoms with Gasteiger partial charge >= 0.3 is 0 Å². The van der Waals surface area contributed by atoms with Crippen molar-refractivity contribution in [1.82, 2.24) is 4.90 Å². The number of nitrogens with one attached hydrogen (secondary N) is 1. The Morgan fingerprint density at radius 2 is 1.89 bits per heavy atom. The Bertz CT molecular complexity index is 471. The van der Waals surface area contributed by atoms with E-state index in [1.807, 2.05) is 6.07 Å². The number of carbonyl (C=O) groups is 1. The molecule has 2 rings (SSSR count). The molecule has 0 radical (unpaired) electrons. The zero-order chi connectivity index (χ0) is 13.5. The van der Waals surface area contributed by atoms with Crippen LogP contribution in [0, 0.1) is 11.3 Å². The van der Waals surface area contributed by atoms with Gasteiger partial charge in [0.05, 0.1) is 17.8 Å². The number of benzene rings is 1. The van der Waals surface area contributed by atoms with Gasteiger partial charge in [0.1, 0.15) is 6.07 Å². The predicted octanol–water partition coefficient (Wildman–Crippen LogP) is 2.37. The SMILES string of the molecule is N#Cc1ccccc1NC(=O)CN1CCCCCC1. The van der Waals surface area contributed by atoms with Gasteiger partial charge in [-0.15, -0.1) is 0 Å². The number of para-hydroxylation sites is 1. The van der Waals surface area contributed by atoms with Crippen molar-refractivity contribution in [1.29, 1.82) is 5.26 Å². The lowest BCUT2D eigenvalue weighted by atomic mass is 10.2. The molecule has 1 fully saturated rings. The van der Waals surface area contributed by atoms with Gasteiger partial charge in [-0.1, -0.05) is 25.0 Å². The van der Waals surface area contributed by atoms with E-state index >= 15 is 0 Å². The minimum Gasteiger partial charge on any atom is -0.324 e. The van der Waals surface area contributed by atoms with Gasteiger partial charge in [0.25, 0.3) is 0 Å². The molecule has 1 saturated heterocycles. The van der Waals surface area contributed by atoms with E-state index in [4.69, 9.17) is 5.26 Å². The standard InChI is InChI=1S/C15H19N3O/c16-11-13-7-3-4-8-14(13)17-15(19)12-18-9-5-1-2-6-10-18/h3-4,7-8H,1-2,5-6,9-10,12H2,(H,17,19). The van der Waals surface area contributed by atoms with Crippen LogP contribution in [0.5, 0.6) is 0 Å². The highest BCUT2D eigenvalue weighted by Gasteiger charge is 2.13. The van der Waals surface area contributed by atoms with Gasteiger partial charge in [-0.05, 0) is 38.1 Å². The Kier molecular flexibility index (Phi) is 4.93. The van der Waals surface area contributed by atoms with Crippen LogP contribution in [-0.4, -0.2) is 30.4 Å². The summed E-state index contributed by atoms with van der Waals surface area (Å²) in [4.78, 5) is 14.2. The molecule has 4 nitrogen and oxygen atoms in total. The van der Waals surface area contributed by atoms with Crippen molar-refractivity contribution < 1.29 is 4.79 Å². The van der Waals surface area contributed by atoms with Crippen molar-refractivity contribution >= 4 is 11.6 Å². The molecule has 0 bridgehead atoms.